The molecule has 9 nitrogen and oxygen atoms in total. The third-order valence-electron chi connectivity index (χ3n) is 8.84. The lowest BCUT2D eigenvalue weighted by Crippen LogP contribution is -2.55. The van der Waals surface area contributed by atoms with E-state index in [1.54, 1.807) is 6.07 Å². The fourth-order valence-electron chi connectivity index (χ4n) is 6.30. The summed E-state index contributed by atoms with van der Waals surface area (Å²) < 4.78 is 81.4. The highest BCUT2D eigenvalue weighted by Gasteiger charge is 2.44. The van der Waals surface area contributed by atoms with Crippen molar-refractivity contribution in [3.63, 3.8) is 0 Å². The van der Waals surface area contributed by atoms with Crippen LogP contribution in [-0.2, 0) is 17.8 Å². The second-order valence-corrected chi connectivity index (χ2v) is 12.3. The van der Waals surface area contributed by atoms with Crippen molar-refractivity contribution < 1.29 is 26.5 Å². The van der Waals surface area contributed by atoms with Crippen molar-refractivity contribution in [1.29, 1.82) is 5.26 Å². The molecule has 0 bridgehead atoms. The first kappa shape index (κ1) is 24.3. The topological polar surface area (TPSA) is 88.8 Å². The zero-order valence-corrected chi connectivity index (χ0v) is 25.3. The van der Waals surface area contributed by atoms with Gasteiger partial charge < -0.3 is 24.3 Å². The van der Waals surface area contributed by atoms with Crippen molar-refractivity contribution in [3.8, 4) is 12.1 Å². The zero-order valence-electron chi connectivity index (χ0n) is 30.5. The zero-order chi connectivity index (χ0) is 36.9. The van der Waals surface area contributed by atoms with Gasteiger partial charge in [-0.25, -0.2) is 8.78 Å². The molecule has 0 spiro atoms. The number of ether oxygens (including phenoxy) is 1. The number of nitriles is 1. The molecule has 1 unspecified atom stereocenters. The van der Waals surface area contributed by atoms with E-state index >= 15 is 0 Å². The number of carbonyl (C=O) groups excluding carboxylic acids is 1. The SMILES string of the molecule is [2H]C([2H])([2H])N(CC1(COc2nc3c(c(N4CCN(C(=O)C(=C)F)C(CC#N)C4)n2)CCN(c2cccc4ccc(F)c(Cl)c24)C3)CC1)C([2H])([2H])[2H]. The van der Waals surface area contributed by atoms with Crippen molar-refractivity contribution in [2.24, 2.45) is 5.41 Å². The Hall–Kier alpha value is -4.01. The van der Waals surface area contributed by atoms with Gasteiger partial charge in [-0.3, -0.25) is 4.79 Å². The van der Waals surface area contributed by atoms with Crippen LogP contribution < -0.4 is 14.5 Å². The summed E-state index contributed by atoms with van der Waals surface area (Å²) in [4.78, 5) is 27.9. The van der Waals surface area contributed by atoms with Gasteiger partial charge in [0, 0.05) is 63.0 Å². The Kier molecular flexibility index (Phi) is 6.69. The number of anilines is 2. The van der Waals surface area contributed by atoms with Crippen LogP contribution in [0.1, 0.15) is 38.7 Å². The van der Waals surface area contributed by atoms with Crippen molar-refractivity contribution in [3.05, 3.63) is 64.8 Å². The fraction of sp³-hybridized carbons (Fsp3) is 0.455. The maximum absolute atomic E-state index is 14.6. The molecular weight excluding hydrogens is 600 g/mol. The number of aromatic nitrogens is 2. The Morgan fingerprint density at radius 2 is 2.07 bits per heavy atom. The number of benzene rings is 2. The van der Waals surface area contributed by atoms with E-state index in [-0.39, 0.29) is 56.8 Å². The van der Waals surface area contributed by atoms with Gasteiger partial charge in [-0.1, -0.05) is 36.4 Å². The van der Waals surface area contributed by atoms with Gasteiger partial charge in [-0.2, -0.15) is 15.2 Å². The molecule has 1 amide bonds. The molecule has 2 aliphatic heterocycles. The Balaban J connectivity index is 1.34. The lowest BCUT2D eigenvalue weighted by atomic mass is 10.0. The highest BCUT2D eigenvalue weighted by atomic mass is 35.5. The Bertz CT molecular complexity index is 1890. The first-order valence-corrected chi connectivity index (χ1v) is 15.1. The van der Waals surface area contributed by atoms with Crippen LogP contribution in [0.4, 0.5) is 20.3 Å². The maximum Gasteiger partial charge on any atom is 0.318 e. The van der Waals surface area contributed by atoms with Crippen LogP contribution >= 0.6 is 11.6 Å². The van der Waals surface area contributed by atoms with Crippen LogP contribution in [0.2, 0.25) is 5.02 Å². The summed E-state index contributed by atoms with van der Waals surface area (Å²) in [5, 5.41) is 10.9. The van der Waals surface area contributed by atoms with E-state index in [4.69, 9.17) is 34.5 Å². The Morgan fingerprint density at radius 1 is 1.24 bits per heavy atom. The number of hydrogen-bond donors (Lipinski definition) is 0. The molecule has 0 radical (unpaired) electrons. The lowest BCUT2D eigenvalue weighted by molar-refractivity contribution is -0.131. The Morgan fingerprint density at radius 3 is 2.80 bits per heavy atom. The van der Waals surface area contributed by atoms with Crippen LogP contribution in [0.3, 0.4) is 0 Å². The van der Waals surface area contributed by atoms with E-state index in [2.05, 4.69) is 12.6 Å². The van der Waals surface area contributed by atoms with Gasteiger partial charge in [0.05, 0.1) is 42.4 Å². The molecule has 1 aromatic heterocycles. The number of rotatable bonds is 9. The van der Waals surface area contributed by atoms with Gasteiger partial charge >= 0.3 is 6.01 Å². The average Bonchev–Trinajstić information content (AvgIpc) is 3.86. The molecule has 1 atom stereocenters. The summed E-state index contributed by atoms with van der Waals surface area (Å²) in [5.74, 6) is -2.01. The van der Waals surface area contributed by atoms with Gasteiger partial charge in [-0.15, -0.1) is 0 Å². The number of halogens is 3. The molecule has 45 heavy (non-hydrogen) atoms. The molecule has 3 heterocycles. The molecule has 1 saturated heterocycles. The number of amides is 1. The molecule has 0 N–H and O–H groups in total. The average molecular weight is 642 g/mol. The summed E-state index contributed by atoms with van der Waals surface area (Å²) >= 11 is 6.47. The molecule has 12 heteroatoms. The molecule has 3 aromatic rings. The van der Waals surface area contributed by atoms with Crippen molar-refractivity contribution in [2.45, 2.75) is 38.3 Å². The van der Waals surface area contributed by atoms with Gasteiger partial charge in [0.25, 0.3) is 5.91 Å². The molecule has 6 rings (SSSR count). The van der Waals surface area contributed by atoms with E-state index in [0.717, 1.165) is 10.9 Å². The molecule has 1 saturated carbocycles. The van der Waals surface area contributed by atoms with Gasteiger partial charge in [0.15, 0.2) is 5.83 Å². The summed E-state index contributed by atoms with van der Waals surface area (Å²) in [5.41, 5.74) is 1.38. The highest BCUT2D eigenvalue weighted by Crippen LogP contribution is 2.46. The molecule has 236 valence electrons. The Labute approximate surface area is 275 Å². The number of piperazine rings is 1. The summed E-state index contributed by atoms with van der Waals surface area (Å²) in [6.45, 7) is -1.51. The van der Waals surface area contributed by atoms with E-state index < -0.39 is 43.0 Å². The van der Waals surface area contributed by atoms with E-state index in [9.17, 15) is 18.8 Å². The monoisotopic (exact) mass is 641 g/mol. The predicted octanol–water partition coefficient (Wildman–Crippen LogP) is 5.12. The van der Waals surface area contributed by atoms with Gasteiger partial charge in [0.2, 0.25) is 0 Å². The van der Waals surface area contributed by atoms with E-state index in [0.29, 0.717) is 53.3 Å². The third-order valence-corrected chi connectivity index (χ3v) is 9.21. The third kappa shape index (κ3) is 6.26. The minimum absolute atomic E-state index is 0.00565. The first-order valence-electron chi connectivity index (χ1n) is 17.7. The fourth-order valence-corrected chi connectivity index (χ4v) is 6.57. The second-order valence-electron chi connectivity index (χ2n) is 11.9. The summed E-state index contributed by atoms with van der Waals surface area (Å²) in [7, 11) is 0. The van der Waals surface area contributed by atoms with Crippen LogP contribution in [0.15, 0.2) is 42.7 Å². The quantitative estimate of drug-likeness (QED) is 0.298. The number of fused-ring (bicyclic) bond motifs is 2. The predicted molar refractivity (Wildman–Crippen MR) is 170 cm³/mol. The van der Waals surface area contributed by atoms with Gasteiger partial charge in [0.1, 0.15) is 11.6 Å². The first-order chi connectivity index (χ1) is 24.0. The molecule has 1 aliphatic carbocycles. The van der Waals surface area contributed by atoms with Crippen LogP contribution in [0.25, 0.3) is 10.8 Å². The van der Waals surface area contributed by atoms with Crippen molar-refractivity contribution >= 4 is 39.8 Å². The summed E-state index contributed by atoms with van der Waals surface area (Å²) in [6, 6.07) is 9.97. The largest absolute Gasteiger partial charge is 0.463 e. The van der Waals surface area contributed by atoms with E-state index in [1.807, 2.05) is 28.0 Å². The van der Waals surface area contributed by atoms with Crippen molar-refractivity contribution in [2.75, 3.05) is 63.1 Å². The second kappa shape index (κ2) is 12.4. The number of hydrogen-bond acceptors (Lipinski definition) is 8. The lowest BCUT2D eigenvalue weighted by Gasteiger charge is -2.42. The molecule has 2 fully saturated rings. The maximum atomic E-state index is 14.6. The van der Waals surface area contributed by atoms with Crippen LogP contribution in [0.5, 0.6) is 6.01 Å². The normalized spacial score (nSPS) is 21.5. The minimum atomic E-state index is -2.84. The molecule has 3 aliphatic rings. The summed E-state index contributed by atoms with van der Waals surface area (Å²) in [6.07, 6.45) is 1.51. The number of nitrogens with zero attached hydrogens (tertiary/aromatic N) is 7. The van der Waals surface area contributed by atoms with Gasteiger partial charge in [-0.05, 0) is 50.7 Å². The molecular formula is C33H36ClF2N7O2. The standard InChI is InChI=1S/C33H36ClF2N7O2/c1-21(35)31(44)43-16-15-42(17-23(43)9-13-37)30-24-10-14-41(27-6-4-5-22-7-8-25(36)29(34)28(22)27)18-26(24)38-32(39-30)45-20-33(11-12-33)19-40(2)3/h4-8,23H,1,9-12,14-20H2,2-3H3/i2D3,3D3. The van der Waals surface area contributed by atoms with Crippen LogP contribution in [-0.4, -0.2) is 85.0 Å². The van der Waals surface area contributed by atoms with Crippen molar-refractivity contribution in [1.82, 2.24) is 19.8 Å². The van der Waals surface area contributed by atoms with E-state index in [1.165, 1.54) is 11.0 Å². The minimum Gasteiger partial charge on any atom is -0.463 e. The smallest absolute Gasteiger partial charge is 0.318 e. The molecule has 2 aromatic carbocycles. The highest BCUT2D eigenvalue weighted by molar-refractivity contribution is 6.36. The number of carbonyl (C=O) groups is 1. The van der Waals surface area contributed by atoms with Crippen LogP contribution in [0, 0.1) is 22.6 Å².